The summed E-state index contributed by atoms with van der Waals surface area (Å²) in [6, 6.07) is 0.175. The van der Waals surface area contributed by atoms with Crippen molar-refractivity contribution in [2.75, 3.05) is 18.4 Å². The van der Waals surface area contributed by atoms with Crippen LogP contribution in [0.4, 0.5) is 10.7 Å². The first-order valence-corrected chi connectivity index (χ1v) is 7.82. The Balaban J connectivity index is 2.33. The summed E-state index contributed by atoms with van der Waals surface area (Å²) >= 11 is 5.82. The Morgan fingerprint density at radius 3 is 2.52 bits per heavy atom. The maximum absolute atomic E-state index is 11.5. The van der Waals surface area contributed by atoms with E-state index in [1.165, 1.54) is 0 Å². The van der Waals surface area contributed by atoms with Crippen molar-refractivity contribution < 1.29 is 14.3 Å². The Kier molecular flexibility index (Phi) is 7.28. The highest BCUT2D eigenvalue weighted by molar-refractivity contribution is 6.28. The van der Waals surface area contributed by atoms with Gasteiger partial charge in [0.15, 0.2) is 0 Å². The van der Waals surface area contributed by atoms with Gasteiger partial charge in [0, 0.05) is 13.1 Å². The SMILES string of the molecule is CC(C)Oc1nc(Cl)nc(NCCCNC(=O)OC(C)(C)C)n1. The molecule has 0 bridgehead atoms. The summed E-state index contributed by atoms with van der Waals surface area (Å²) in [5.41, 5.74) is -0.503. The molecule has 1 rings (SSSR count). The quantitative estimate of drug-likeness (QED) is 0.733. The van der Waals surface area contributed by atoms with Gasteiger partial charge >= 0.3 is 12.1 Å². The number of ether oxygens (including phenoxy) is 2. The van der Waals surface area contributed by atoms with Gasteiger partial charge in [-0.2, -0.15) is 15.0 Å². The van der Waals surface area contributed by atoms with Gasteiger partial charge in [0.1, 0.15) is 5.60 Å². The van der Waals surface area contributed by atoms with E-state index in [-0.39, 0.29) is 17.4 Å². The zero-order valence-electron chi connectivity index (χ0n) is 14.1. The molecule has 0 saturated carbocycles. The largest absolute Gasteiger partial charge is 0.461 e. The summed E-state index contributed by atoms with van der Waals surface area (Å²) in [5, 5.41) is 5.73. The standard InChI is InChI=1S/C14H24ClN5O3/c1-9(2)22-12-19-10(15)18-11(20-12)16-7-6-8-17-13(21)23-14(3,4)5/h9H,6-8H2,1-5H3,(H,17,21)(H,16,18,19,20). The molecule has 0 aromatic carbocycles. The molecule has 0 aliphatic rings. The molecule has 1 heterocycles. The van der Waals surface area contributed by atoms with Gasteiger partial charge in [-0.25, -0.2) is 4.79 Å². The van der Waals surface area contributed by atoms with Gasteiger partial charge in [0.2, 0.25) is 11.2 Å². The molecule has 0 aliphatic heterocycles. The van der Waals surface area contributed by atoms with E-state index in [4.69, 9.17) is 21.1 Å². The average molecular weight is 346 g/mol. The second-order valence-electron chi connectivity index (χ2n) is 6.09. The van der Waals surface area contributed by atoms with Crippen LogP contribution >= 0.6 is 11.6 Å². The lowest BCUT2D eigenvalue weighted by atomic mass is 10.2. The molecule has 1 aromatic rings. The number of hydrogen-bond donors (Lipinski definition) is 2. The number of halogens is 1. The lowest BCUT2D eigenvalue weighted by molar-refractivity contribution is 0.0528. The molecule has 1 amide bonds. The number of anilines is 1. The molecule has 130 valence electrons. The molecule has 0 radical (unpaired) electrons. The number of nitrogens with zero attached hydrogens (tertiary/aromatic N) is 3. The third kappa shape index (κ3) is 9.02. The lowest BCUT2D eigenvalue weighted by Crippen LogP contribution is -2.33. The number of alkyl carbamates (subject to hydrolysis) is 1. The Morgan fingerprint density at radius 2 is 1.91 bits per heavy atom. The second kappa shape index (κ2) is 8.71. The summed E-state index contributed by atoms with van der Waals surface area (Å²) in [6.07, 6.45) is 0.177. The summed E-state index contributed by atoms with van der Waals surface area (Å²) in [7, 11) is 0. The molecule has 23 heavy (non-hydrogen) atoms. The topological polar surface area (TPSA) is 98.3 Å². The molecule has 0 aliphatic carbocycles. The number of carbonyl (C=O) groups is 1. The molecule has 0 atom stereocenters. The van der Waals surface area contributed by atoms with Crippen LogP contribution in [-0.4, -0.2) is 45.8 Å². The first kappa shape index (κ1) is 19.2. The highest BCUT2D eigenvalue weighted by atomic mass is 35.5. The van der Waals surface area contributed by atoms with Crippen LogP contribution in [0.5, 0.6) is 6.01 Å². The molecule has 9 heteroatoms. The maximum atomic E-state index is 11.5. The predicted molar refractivity (Wildman–Crippen MR) is 87.9 cm³/mol. The maximum Gasteiger partial charge on any atom is 0.407 e. The van der Waals surface area contributed by atoms with Crippen LogP contribution in [0.3, 0.4) is 0 Å². The molecule has 0 spiro atoms. The highest BCUT2D eigenvalue weighted by Crippen LogP contribution is 2.12. The molecular weight excluding hydrogens is 322 g/mol. The van der Waals surface area contributed by atoms with E-state index in [1.807, 2.05) is 34.6 Å². The Morgan fingerprint density at radius 1 is 1.22 bits per heavy atom. The fourth-order valence-corrected chi connectivity index (χ4v) is 1.62. The molecule has 2 N–H and O–H groups in total. The van der Waals surface area contributed by atoms with E-state index < -0.39 is 11.7 Å². The first-order chi connectivity index (χ1) is 10.7. The normalized spacial score (nSPS) is 11.3. The third-order valence-electron chi connectivity index (χ3n) is 2.23. The fourth-order valence-electron chi connectivity index (χ4n) is 1.47. The zero-order chi connectivity index (χ0) is 17.5. The minimum absolute atomic E-state index is 0.0562. The van der Waals surface area contributed by atoms with Crippen LogP contribution in [-0.2, 0) is 4.74 Å². The fraction of sp³-hybridized carbons (Fsp3) is 0.714. The third-order valence-corrected chi connectivity index (χ3v) is 2.40. The van der Waals surface area contributed by atoms with Gasteiger partial charge in [-0.1, -0.05) is 0 Å². The van der Waals surface area contributed by atoms with E-state index >= 15 is 0 Å². The first-order valence-electron chi connectivity index (χ1n) is 7.44. The molecule has 8 nitrogen and oxygen atoms in total. The zero-order valence-corrected chi connectivity index (χ0v) is 14.9. The summed E-state index contributed by atoms with van der Waals surface area (Å²) in [6.45, 7) is 10.2. The molecular formula is C14H24ClN5O3. The number of hydrogen-bond acceptors (Lipinski definition) is 7. The van der Waals surface area contributed by atoms with Crippen molar-refractivity contribution in [3.05, 3.63) is 5.28 Å². The highest BCUT2D eigenvalue weighted by Gasteiger charge is 2.15. The second-order valence-corrected chi connectivity index (χ2v) is 6.42. The predicted octanol–water partition coefficient (Wildman–Crippen LogP) is 2.64. The van der Waals surface area contributed by atoms with Crippen molar-refractivity contribution in [2.24, 2.45) is 0 Å². The number of carbonyl (C=O) groups excluding carboxylic acids is 1. The van der Waals surface area contributed by atoms with Crippen molar-refractivity contribution in [1.29, 1.82) is 0 Å². The monoisotopic (exact) mass is 345 g/mol. The van der Waals surface area contributed by atoms with Crippen LogP contribution in [0, 0.1) is 0 Å². The summed E-state index contributed by atoms with van der Waals surface area (Å²) in [5.74, 6) is 0.331. The minimum atomic E-state index is -0.503. The van der Waals surface area contributed by atoms with Crippen molar-refractivity contribution in [1.82, 2.24) is 20.3 Å². The van der Waals surface area contributed by atoms with Crippen LogP contribution in [0.15, 0.2) is 0 Å². The van der Waals surface area contributed by atoms with E-state index in [0.717, 1.165) is 0 Å². The summed E-state index contributed by atoms with van der Waals surface area (Å²) in [4.78, 5) is 23.4. The lowest BCUT2D eigenvalue weighted by Gasteiger charge is -2.19. The molecule has 0 saturated heterocycles. The van der Waals surface area contributed by atoms with Crippen LogP contribution in [0.25, 0.3) is 0 Å². The van der Waals surface area contributed by atoms with Gasteiger partial charge in [-0.05, 0) is 52.6 Å². The number of aromatic nitrogens is 3. The van der Waals surface area contributed by atoms with Gasteiger partial charge in [0.25, 0.3) is 0 Å². The molecule has 0 unspecified atom stereocenters. The molecule has 0 fully saturated rings. The van der Waals surface area contributed by atoms with E-state index in [1.54, 1.807) is 0 Å². The number of rotatable bonds is 7. The van der Waals surface area contributed by atoms with Gasteiger partial charge in [-0.15, -0.1) is 0 Å². The van der Waals surface area contributed by atoms with Crippen LogP contribution in [0.2, 0.25) is 5.28 Å². The van der Waals surface area contributed by atoms with Gasteiger partial charge in [0.05, 0.1) is 6.10 Å². The van der Waals surface area contributed by atoms with E-state index in [2.05, 4.69) is 25.6 Å². The van der Waals surface area contributed by atoms with Gasteiger partial charge < -0.3 is 20.1 Å². The van der Waals surface area contributed by atoms with Crippen molar-refractivity contribution in [3.8, 4) is 6.01 Å². The van der Waals surface area contributed by atoms with Crippen LogP contribution < -0.4 is 15.4 Å². The molecule has 1 aromatic heterocycles. The summed E-state index contributed by atoms with van der Waals surface area (Å²) < 4.78 is 10.5. The van der Waals surface area contributed by atoms with E-state index in [9.17, 15) is 4.79 Å². The Labute approximate surface area is 141 Å². The van der Waals surface area contributed by atoms with Crippen molar-refractivity contribution >= 4 is 23.6 Å². The Bertz CT molecular complexity index is 520. The smallest absolute Gasteiger partial charge is 0.407 e. The van der Waals surface area contributed by atoms with Crippen molar-refractivity contribution in [2.45, 2.75) is 52.7 Å². The Hall–Kier alpha value is -1.83. The number of amides is 1. The van der Waals surface area contributed by atoms with Crippen molar-refractivity contribution in [3.63, 3.8) is 0 Å². The average Bonchev–Trinajstić information content (AvgIpc) is 2.34. The van der Waals surface area contributed by atoms with Crippen LogP contribution in [0.1, 0.15) is 41.0 Å². The number of nitrogens with one attached hydrogen (secondary N) is 2. The van der Waals surface area contributed by atoms with E-state index in [0.29, 0.717) is 25.5 Å². The minimum Gasteiger partial charge on any atom is -0.461 e. The van der Waals surface area contributed by atoms with Gasteiger partial charge in [-0.3, -0.25) is 0 Å².